The summed E-state index contributed by atoms with van der Waals surface area (Å²) in [6.07, 6.45) is 1.78. The van der Waals surface area contributed by atoms with Gasteiger partial charge in [0.05, 0.1) is 11.1 Å². The van der Waals surface area contributed by atoms with Gasteiger partial charge < -0.3 is 0 Å². The molecule has 0 heterocycles. The lowest BCUT2D eigenvalue weighted by atomic mass is 10.1. The molecule has 0 spiro atoms. The van der Waals surface area contributed by atoms with E-state index in [0.717, 1.165) is 0 Å². The number of nitro groups is 1. The largest absolute Gasteiger partial charge is 0.273 e. The number of rotatable bonds is 5. The predicted octanol–water partition coefficient (Wildman–Crippen LogP) is 2.09. The third-order valence-corrected chi connectivity index (χ3v) is 2.08. The molecular formula is C12H15N3O3. The van der Waals surface area contributed by atoms with Gasteiger partial charge in [0, 0.05) is 24.1 Å². The molecule has 0 saturated heterocycles. The Balaban J connectivity index is 2.59. The second kappa shape index (κ2) is 6.48. The van der Waals surface area contributed by atoms with Crippen LogP contribution in [0.25, 0.3) is 0 Å². The van der Waals surface area contributed by atoms with Crippen molar-refractivity contribution in [1.82, 2.24) is 5.43 Å². The van der Waals surface area contributed by atoms with Crippen LogP contribution in [0.1, 0.15) is 25.8 Å². The van der Waals surface area contributed by atoms with Crippen LogP contribution in [0.5, 0.6) is 0 Å². The average Bonchev–Trinajstić information content (AvgIpc) is 2.28. The number of benzene rings is 1. The second-order valence-electron chi connectivity index (χ2n) is 4.24. The summed E-state index contributed by atoms with van der Waals surface area (Å²) < 4.78 is 0. The smallest absolute Gasteiger partial charge is 0.270 e. The van der Waals surface area contributed by atoms with Gasteiger partial charge >= 0.3 is 0 Å². The van der Waals surface area contributed by atoms with Crippen LogP contribution < -0.4 is 5.43 Å². The van der Waals surface area contributed by atoms with Crippen molar-refractivity contribution >= 4 is 17.8 Å². The summed E-state index contributed by atoms with van der Waals surface area (Å²) in [6.45, 7) is 3.87. The number of nitrogens with zero attached hydrogens (tertiary/aromatic N) is 2. The highest BCUT2D eigenvalue weighted by molar-refractivity contribution is 5.83. The van der Waals surface area contributed by atoms with Crippen LogP contribution in [0, 0.1) is 16.0 Å². The number of amides is 1. The molecular weight excluding hydrogens is 234 g/mol. The Morgan fingerprint density at radius 2 is 2.28 bits per heavy atom. The molecule has 0 aliphatic carbocycles. The fourth-order valence-corrected chi connectivity index (χ4v) is 1.31. The minimum absolute atomic E-state index is 0.00698. The predicted molar refractivity (Wildman–Crippen MR) is 68.3 cm³/mol. The maximum atomic E-state index is 11.3. The number of non-ortho nitro benzene ring substituents is 1. The highest BCUT2D eigenvalue weighted by atomic mass is 16.6. The van der Waals surface area contributed by atoms with Gasteiger partial charge in [0.2, 0.25) is 5.91 Å². The SMILES string of the molecule is CC(C)CC(=O)N/N=C\c1cccc([N+](=O)[O-])c1. The van der Waals surface area contributed by atoms with Crippen LogP contribution in [0.15, 0.2) is 29.4 Å². The van der Waals surface area contributed by atoms with Gasteiger partial charge in [0.1, 0.15) is 0 Å². The van der Waals surface area contributed by atoms with Gasteiger partial charge in [-0.15, -0.1) is 0 Å². The lowest BCUT2D eigenvalue weighted by Gasteiger charge is -2.01. The molecule has 6 heteroatoms. The van der Waals surface area contributed by atoms with E-state index in [-0.39, 0.29) is 17.5 Å². The molecule has 1 rings (SSSR count). The van der Waals surface area contributed by atoms with E-state index >= 15 is 0 Å². The molecule has 6 nitrogen and oxygen atoms in total. The van der Waals surface area contributed by atoms with Crippen molar-refractivity contribution in [3.8, 4) is 0 Å². The van der Waals surface area contributed by atoms with Gasteiger partial charge in [0.15, 0.2) is 0 Å². The van der Waals surface area contributed by atoms with Crippen molar-refractivity contribution in [3.05, 3.63) is 39.9 Å². The topological polar surface area (TPSA) is 84.6 Å². The van der Waals surface area contributed by atoms with Crippen molar-refractivity contribution in [1.29, 1.82) is 0 Å². The molecule has 0 saturated carbocycles. The number of carbonyl (C=O) groups excluding carboxylic acids is 1. The van der Waals surface area contributed by atoms with Crippen LogP contribution in [0.2, 0.25) is 0 Å². The van der Waals surface area contributed by atoms with E-state index in [9.17, 15) is 14.9 Å². The summed E-state index contributed by atoms with van der Waals surface area (Å²) in [5.41, 5.74) is 2.93. The minimum Gasteiger partial charge on any atom is -0.273 e. The number of nitro benzene ring substituents is 1. The van der Waals surface area contributed by atoms with E-state index in [1.807, 2.05) is 13.8 Å². The number of hydrazone groups is 1. The Kier molecular flexibility index (Phi) is 4.98. The summed E-state index contributed by atoms with van der Waals surface area (Å²) in [5, 5.41) is 14.3. The molecule has 0 atom stereocenters. The van der Waals surface area contributed by atoms with E-state index in [1.54, 1.807) is 12.1 Å². The number of carbonyl (C=O) groups is 1. The van der Waals surface area contributed by atoms with E-state index in [0.29, 0.717) is 12.0 Å². The van der Waals surface area contributed by atoms with Gasteiger partial charge in [-0.25, -0.2) is 5.43 Å². The molecule has 96 valence electrons. The lowest BCUT2D eigenvalue weighted by Crippen LogP contribution is -2.19. The zero-order chi connectivity index (χ0) is 13.5. The molecule has 1 amide bonds. The highest BCUT2D eigenvalue weighted by Gasteiger charge is 2.04. The maximum absolute atomic E-state index is 11.3. The zero-order valence-corrected chi connectivity index (χ0v) is 10.3. The summed E-state index contributed by atoms with van der Waals surface area (Å²) in [5.74, 6) is 0.0877. The van der Waals surface area contributed by atoms with Crippen molar-refractivity contribution in [2.75, 3.05) is 0 Å². The number of nitrogens with one attached hydrogen (secondary N) is 1. The molecule has 0 aliphatic rings. The van der Waals surface area contributed by atoms with Crippen molar-refractivity contribution < 1.29 is 9.72 Å². The first-order valence-corrected chi connectivity index (χ1v) is 5.55. The van der Waals surface area contributed by atoms with Crippen LogP contribution in [0.3, 0.4) is 0 Å². The Hall–Kier alpha value is -2.24. The second-order valence-corrected chi connectivity index (χ2v) is 4.24. The number of hydrogen-bond acceptors (Lipinski definition) is 4. The summed E-state index contributed by atoms with van der Waals surface area (Å²) in [6, 6.07) is 6.02. The Labute approximate surface area is 105 Å². The first kappa shape index (κ1) is 13.8. The highest BCUT2D eigenvalue weighted by Crippen LogP contribution is 2.11. The number of hydrogen-bond donors (Lipinski definition) is 1. The molecule has 18 heavy (non-hydrogen) atoms. The molecule has 1 aromatic rings. The lowest BCUT2D eigenvalue weighted by molar-refractivity contribution is -0.384. The standard InChI is InChI=1S/C12H15N3O3/c1-9(2)6-12(16)14-13-8-10-4-3-5-11(7-10)15(17)18/h3-5,7-9H,6H2,1-2H3,(H,14,16)/b13-8-. The average molecular weight is 249 g/mol. The maximum Gasteiger partial charge on any atom is 0.270 e. The van der Waals surface area contributed by atoms with Crippen molar-refractivity contribution in [3.63, 3.8) is 0 Å². The summed E-state index contributed by atoms with van der Waals surface area (Å²) in [4.78, 5) is 21.4. The van der Waals surface area contributed by atoms with E-state index in [1.165, 1.54) is 18.3 Å². The first-order valence-electron chi connectivity index (χ1n) is 5.55. The fourth-order valence-electron chi connectivity index (χ4n) is 1.31. The van der Waals surface area contributed by atoms with E-state index in [2.05, 4.69) is 10.5 Å². The van der Waals surface area contributed by atoms with Crippen molar-refractivity contribution in [2.45, 2.75) is 20.3 Å². The molecule has 0 aromatic heterocycles. The molecule has 0 aliphatic heterocycles. The quantitative estimate of drug-likeness (QED) is 0.492. The normalized spacial score (nSPS) is 10.8. The Morgan fingerprint density at radius 1 is 1.56 bits per heavy atom. The molecule has 0 unspecified atom stereocenters. The van der Waals surface area contributed by atoms with Crippen LogP contribution in [0.4, 0.5) is 5.69 Å². The minimum atomic E-state index is -0.477. The third-order valence-electron chi connectivity index (χ3n) is 2.08. The third kappa shape index (κ3) is 4.73. The van der Waals surface area contributed by atoms with Crippen molar-refractivity contribution in [2.24, 2.45) is 11.0 Å². The molecule has 0 fully saturated rings. The first-order chi connectivity index (χ1) is 8.49. The van der Waals surface area contributed by atoms with Crippen LogP contribution >= 0.6 is 0 Å². The van der Waals surface area contributed by atoms with Crippen LogP contribution in [-0.4, -0.2) is 17.0 Å². The molecule has 1 N–H and O–H groups in total. The summed E-state index contributed by atoms with van der Waals surface area (Å²) >= 11 is 0. The van der Waals surface area contributed by atoms with E-state index in [4.69, 9.17) is 0 Å². The van der Waals surface area contributed by atoms with Crippen LogP contribution in [-0.2, 0) is 4.79 Å². The monoisotopic (exact) mass is 249 g/mol. The molecule has 0 bridgehead atoms. The van der Waals surface area contributed by atoms with Gasteiger partial charge in [0.25, 0.3) is 5.69 Å². The summed E-state index contributed by atoms with van der Waals surface area (Å²) in [7, 11) is 0. The van der Waals surface area contributed by atoms with Gasteiger partial charge in [-0.2, -0.15) is 5.10 Å². The Bertz CT molecular complexity index is 469. The van der Waals surface area contributed by atoms with Gasteiger partial charge in [-0.05, 0) is 5.92 Å². The van der Waals surface area contributed by atoms with Gasteiger partial charge in [-0.3, -0.25) is 14.9 Å². The zero-order valence-electron chi connectivity index (χ0n) is 10.3. The Morgan fingerprint density at radius 3 is 2.89 bits per heavy atom. The molecule has 0 radical (unpaired) electrons. The van der Waals surface area contributed by atoms with Gasteiger partial charge in [-0.1, -0.05) is 26.0 Å². The van der Waals surface area contributed by atoms with E-state index < -0.39 is 4.92 Å². The molecule has 1 aromatic carbocycles. The fraction of sp³-hybridized carbons (Fsp3) is 0.333.